The summed E-state index contributed by atoms with van der Waals surface area (Å²) in [4.78, 5) is 6.12. The van der Waals surface area contributed by atoms with Gasteiger partial charge in [0.05, 0.1) is 15.6 Å². The Hall–Kier alpha value is -1.01. The van der Waals surface area contributed by atoms with E-state index in [1.807, 2.05) is 11.3 Å². The van der Waals surface area contributed by atoms with Gasteiger partial charge in [0.1, 0.15) is 0 Å². The van der Waals surface area contributed by atoms with Crippen molar-refractivity contribution in [2.75, 3.05) is 11.9 Å². The summed E-state index contributed by atoms with van der Waals surface area (Å²) in [6, 6.07) is 0. The van der Waals surface area contributed by atoms with Crippen LogP contribution >= 0.6 is 22.7 Å². The molecular formula is C14H20N4S2. The average Bonchev–Trinajstić information content (AvgIpc) is 2.95. The number of hydrogen-bond acceptors (Lipinski definition) is 6. The minimum atomic E-state index is 0.0446. The molecule has 0 atom stereocenters. The molecule has 2 aromatic heterocycles. The third-order valence-electron chi connectivity index (χ3n) is 3.23. The normalized spacial score (nSPS) is 15.6. The topological polar surface area (TPSA) is 50.7 Å². The van der Waals surface area contributed by atoms with Crippen LogP contribution in [0.4, 0.5) is 5.13 Å². The number of anilines is 1. The van der Waals surface area contributed by atoms with Gasteiger partial charge in [0.15, 0.2) is 5.01 Å². The van der Waals surface area contributed by atoms with Crippen LogP contribution in [0.25, 0.3) is 9.88 Å². The fourth-order valence-corrected chi connectivity index (χ4v) is 4.36. The van der Waals surface area contributed by atoms with Crippen LogP contribution in [0.1, 0.15) is 57.2 Å². The van der Waals surface area contributed by atoms with Gasteiger partial charge in [-0.2, -0.15) is 0 Å². The fraction of sp³-hybridized carbons (Fsp3) is 0.643. The largest absolute Gasteiger partial charge is 0.360 e. The second-order valence-electron chi connectivity index (χ2n) is 6.20. The zero-order valence-electron chi connectivity index (χ0n) is 12.4. The van der Waals surface area contributed by atoms with E-state index in [1.54, 1.807) is 11.3 Å². The van der Waals surface area contributed by atoms with Crippen molar-refractivity contribution in [3.05, 3.63) is 10.7 Å². The van der Waals surface area contributed by atoms with Crippen molar-refractivity contribution in [2.24, 2.45) is 0 Å². The Balaban J connectivity index is 2.01. The van der Waals surface area contributed by atoms with Crippen LogP contribution in [0.5, 0.6) is 0 Å². The molecule has 2 aromatic rings. The van der Waals surface area contributed by atoms with Gasteiger partial charge in [-0.15, -0.1) is 21.5 Å². The molecule has 0 radical (unpaired) electrons. The summed E-state index contributed by atoms with van der Waals surface area (Å²) in [5.74, 6) is 0.691. The van der Waals surface area contributed by atoms with Gasteiger partial charge in [0, 0.05) is 17.9 Å². The van der Waals surface area contributed by atoms with Crippen molar-refractivity contribution in [2.45, 2.75) is 51.9 Å². The summed E-state index contributed by atoms with van der Waals surface area (Å²) >= 11 is 3.43. The van der Waals surface area contributed by atoms with E-state index in [4.69, 9.17) is 4.98 Å². The highest BCUT2D eigenvalue weighted by Crippen LogP contribution is 2.47. The molecule has 2 heterocycles. The third kappa shape index (κ3) is 2.72. The standard InChI is InChI=1S/C14H20N4S2/c1-5-15-13-18-17-12(20-13)9-10(14(2,3)4)16-11(19-9)8-6-7-8/h8H,5-7H2,1-4H3,(H,15,18). The second kappa shape index (κ2) is 5.07. The van der Waals surface area contributed by atoms with Gasteiger partial charge in [0.25, 0.3) is 0 Å². The molecule has 1 saturated carbocycles. The molecule has 1 aliphatic rings. The van der Waals surface area contributed by atoms with Gasteiger partial charge in [-0.25, -0.2) is 4.98 Å². The Kier molecular flexibility index (Phi) is 3.54. The highest BCUT2D eigenvalue weighted by atomic mass is 32.1. The predicted octanol–water partition coefficient (Wildman–Crippen LogP) is 4.27. The highest BCUT2D eigenvalue weighted by Gasteiger charge is 2.32. The molecule has 1 N–H and O–H groups in total. The van der Waals surface area contributed by atoms with Gasteiger partial charge in [-0.05, 0) is 19.8 Å². The smallest absolute Gasteiger partial charge is 0.206 e. The number of nitrogens with zero attached hydrogens (tertiary/aromatic N) is 3. The van der Waals surface area contributed by atoms with Gasteiger partial charge >= 0.3 is 0 Å². The number of rotatable bonds is 4. The monoisotopic (exact) mass is 308 g/mol. The van der Waals surface area contributed by atoms with Crippen LogP contribution in [-0.2, 0) is 5.41 Å². The lowest BCUT2D eigenvalue weighted by atomic mass is 9.91. The Bertz CT molecular complexity index is 605. The van der Waals surface area contributed by atoms with E-state index in [0.29, 0.717) is 5.92 Å². The summed E-state index contributed by atoms with van der Waals surface area (Å²) in [6.07, 6.45) is 2.57. The molecule has 3 rings (SSSR count). The summed E-state index contributed by atoms with van der Waals surface area (Å²) in [7, 11) is 0. The van der Waals surface area contributed by atoms with E-state index in [9.17, 15) is 0 Å². The van der Waals surface area contributed by atoms with E-state index < -0.39 is 0 Å². The zero-order valence-corrected chi connectivity index (χ0v) is 14.0. The van der Waals surface area contributed by atoms with E-state index in [1.165, 1.54) is 28.4 Å². The van der Waals surface area contributed by atoms with Crippen molar-refractivity contribution >= 4 is 27.8 Å². The molecule has 0 aliphatic heterocycles. The molecule has 0 unspecified atom stereocenters. The van der Waals surface area contributed by atoms with Crippen molar-refractivity contribution < 1.29 is 0 Å². The molecule has 0 bridgehead atoms. The molecular weight excluding hydrogens is 288 g/mol. The Morgan fingerprint density at radius 1 is 1.20 bits per heavy atom. The first kappa shape index (κ1) is 13.9. The van der Waals surface area contributed by atoms with Crippen LogP contribution in [0.3, 0.4) is 0 Å². The highest BCUT2D eigenvalue weighted by molar-refractivity contribution is 7.23. The van der Waals surface area contributed by atoms with Crippen LogP contribution in [0.2, 0.25) is 0 Å². The molecule has 0 spiro atoms. The quantitative estimate of drug-likeness (QED) is 0.916. The minimum Gasteiger partial charge on any atom is -0.360 e. The first-order valence-corrected chi connectivity index (χ1v) is 8.71. The van der Waals surface area contributed by atoms with E-state index >= 15 is 0 Å². The molecule has 6 heteroatoms. The molecule has 0 aromatic carbocycles. The minimum absolute atomic E-state index is 0.0446. The van der Waals surface area contributed by atoms with Crippen LogP contribution in [0, 0.1) is 0 Å². The Morgan fingerprint density at radius 2 is 1.95 bits per heavy atom. The fourth-order valence-electron chi connectivity index (χ4n) is 2.03. The maximum absolute atomic E-state index is 4.91. The molecule has 1 aliphatic carbocycles. The van der Waals surface area contributed by atoms with Crippen molar-refractivity contribution in [3.63, 3.8) is 0 Å². The number of nitrogens with one attached hydrogen (secondary N) is 1. The lowest BCUT2D eigenvalue weighted by Crippen LogP contribution is -2.13. The first-order chi connectivity index (χ1) is 9.49. The molecule has 0 amide bonds. The molecule has 1 fully saturated rings. The summed E-state index contributed by atoms with van der Waals surface area (Å²) in [5.41, 5.74) is 1.21. The number of hydrogen-bond donors (Lipinski definition) is 1. The lowest BCUT2D eigenvalue weighted by molar-refractivity contribution is 0.572. The van der Waals surface area contributed by atoms with Crippen molar-refractivity contribution in [1.29, 1.82) is 0 Å². The van der Waals surface area contributed by atoms with Gasteiger partial charge in [0.2, 0.25) is 5.13 Å². The molecule has 4 nitrogen and oxygen atoms in total. The predicted molar refractivity (Wildman–Crippen MR) is 85.9 cm³/mol. The van der Waals surface area contributed by atoms with E-state index in [-0.39, 0.29) is 5.41 Å². The Labute approximate surface area is 127 Å². The molecule has 0 saturated heterocycles. The van der Waals surface area contributed by atoms with Gasteiger partial charge in [-0.1, -0.05) is 32.1 Å². The maximum Gasteiger partial charge on any atom is 0.206 e. The van der Waals surface area contributed by atoms with E-state index in [2.05, 4.69) is 43.2 Å². The third-order valence-corrected chi connectivity index (χ3v) is 5.48. The summed E-state index contributed by atoms with van der Waals surface area (Å²) < 4.78 is 0. The lowest BCUT2D eigenvalue weighted by Gasteiger charge is -2.16. The van der Waals surface area contributed by atoms with Crippen molar-refractivity contribution in [1.82, 2.24) is 15.2 Å². The van der Waals surface area contributed by atoms with Crippen LogP contribution in [-0.4, -0.2) is 21.7 Å². The van der Waals surface area contributed by atoms with Crippen LogP contribution < -0.4 is 5.32 Å². The summed E-state index contributed by atoms with van der Waals surface area (Å²) in [5, 5.41) is 15.0. The van der Waals surface area contributed by atoms with E-state index in [0.717, 1.165) is 16.7 Å². The molecule has 20 heavy (non-hydrogen) atoms. The van der Waals surface area contributed by atoms with Crippen molar-refractivity contribution in [3.8, 4) is 9.88 Å². The zero-order chi connectivity index (χ0) is 14.3. The average molecular weight is 308 g/mol. The second-order valence-corrected chi connectivity index (χ2v) is 8.20. The Morgan fingerprint density at radius 3 is 2.55 bits per heavy atom. The molecule has 108 valence electrons. The number of aromatic nitrogens is 3. The SMILES string of the molecule is CCNc1nnc(-c2sc(C3CC3)nc2C(C)(C)C)s1. The maximum atomic E-state index is 4.91. The van der Waals surface area contributed by atoms with Gasteiger partial charge in [-0.3, -0.25) is 0 Å². The van der Waals surface area contributed by atoms with Gasteiger partial charge < -0.3 is 5.32 Å². The van der Waals surface area contributed by atoms with Crippen LogP contribution in [0.15, 0.2) is 0 Å². The first-order valence-electron chi connectivity index (χ1n) is 7.08. The number of thiazole rings is 1. The summed E-state index contributed by atoms with van der Waals surface area (Å²) in [6.45, 7) is 9.59.